The van der Waals surface area contributed by atoms with Gasteiger partial charge in [-0.3, -0.25) is 9.37 Å². The summed E-state index contributed by atoms with van der Waals surface area (Å²) in [6, 6.07) is 40.3. The van der Waals surface area contributed by atoms with Gasteiger partial charge in [-0.05, 0) is 53.2 Å². The fourth-order valence-electron chi connectivity index (χ4n) is 6.71. The van der Waals surface area contributed by atoms with Crippen molar-refractivity contribution in [1.29, 1.82) is 0 Å². The van der Waals surface area contributed by atoms with E-state index in [1.54, 1.807) is 12.1 Å². The second-order valence-electron chi connectivity index (χ2n) is 13.3. The molecule has 4 heterocycles. The van der Waals surface area contributed by atoms with Crippen molar-refractivity contribution in [1.82, 2.24) is 24.7 Å². The van der Waals surface area contributed by atoms with E-state index >= 15 is 0 Å². The van der Waals surface area contributed by atoms with Crippen molar-refractivity contribution in [2.45, 2.75) is 46.4 Å². The standard InChI is InChI=1S/C33H27N4O.C12H9FN.Ir/c1-19(2)21-13-9-14-22(20(3)4)29(21)37-30-25-12-5-7-17-27(25)35-36-32(30)34-33(37)26-16-10-15-24-23-11-6-8-18-28(23)38-31(24)26;1-9-2-7-12(14-8-9)10-3-5-11(13)6-4-10;/h5-15,17-20H,1-4H3;2-3,5-8H,1H3;/q2*-1;/i;1D3;. The van der Waals surface area contributed by atoms with E-state index in [4.69, 9.17) is 13.5 Å². The molecule has 0 amide bonds. The molecule has 5 aromatic carbocycles. The maximum absolute atomic E-state index is 12.7. The van der Waals surface area contributed by atoms with Gasteiger partial charge < -0.3 is 14.0 Å². The van der Waals surface area contributed by atoms with E-state index in [0.717, 1.165) is 55.4 Å². The van der Waals surface area contributed by atoms with E-state index in [-0.39, 0.29) is 31.5 Å². The summed E-state index contributed by atoms with van der Waals surface area (Å²) < 4.78 is 43.1. The van der Waals surface area contributed by atoms with Crippen LogP contribution in [0.3, 0.4) is 0 Å². The Bertz CT molecular complexity index is 2800. The van der Waals surface area contributed by atoms with Crippen LogP contribution in [-0.4, -0.2) is 24.7 Å². The summed E-state index contributed by atoms with van der Waals surface area (Å²) >= 11 is 0. The van der Waals surface area contributed by atoms with Crippen LogP contribution in [0.5, 0.6) is 0 Å². The van der Waals surface area contributed by atoms with Crippen molar-refractivity contribution in [2.75, 3.05) is 0 Å². The van der Waals surface area contributed by atoms with E-state index in [1.807, 2.05) is 42.5 Å². The zero-order valence-corrected chi connectivity index (χ0v) is 31.9. The van der Waals surface area contributed by atoms with Gasteiger partial charge >= 0.3 is 0 Å². The van der Waals surface area contributed by atoms with Gasteiger partial charge in [-0.1, -0.05) is 105 Å². The van der Waals surface area contributed by atoms with Crippen molar-refractivity contribution in [3.8, 4) is 28.3 Å². The largest absolute Gasteiger partial charge is 0.501 e. The Morgan fingerprint density at radius 2 is 1.53 bits per heavy atom. The summed E-state index contributed by atoms with van der Waals surface area (Å²) in [5.41, 5.74) is 9.87. The second-order valence-corrected chi connectivity index (χ2v) is 13.3. The van der Waals surface area contributed by atoms with Gasteiger partial charge in [0.2, 0.25) is 0 Å². The fraction of sp³-hybridized carbons (Fsp3) is 0.156. The predicted octanol–water partition coefficient (Wildman–Crippen LogP) is 11.6. The molecule has 0 saturated carbocycles. The number of halogens is 1. The summed E-state index contributed by atoms with van der Waals surface area (Å²) in [5.74, 6) is 1.00. The minimum atomic E-state index is -2.15. The molecule has 4 aromatic heterocycles. The van der Waals surface area contributed by atoms with Crippen molar-refractivity contribution in [2.24, 2.45) is 0 Å². The Morgan fingerprint density at radius 3 is 2.23 bits per heavy atom. The van der Waals surface area contributed by atoms with E-state index in [1.165, 1.54) is 35.5 Å². The molecule has 9 rings (SSSR count). The Balaban J connectivity index is 0.000000225. The van der Waals surface area contributed by atoms with E-state index in [2.05, 4.69) is 96.0 Å². The van der Waals surface area contributed by atoms with Crippen LogP contribution >= 0.6 is 0 Å². The van der Waals surface area contributed by atoms with E-state index in [0.29, 0.717) is 28.7 Å². The number of aromatic nitrogens is 5. The first kappa shape index (κ1) is 32.1. The second kappa shape index (κ2) is 14.8. The maximum atomic E-state index is 12.7. The first-order valence-electron chi connectivity index (χ1n) is 18.7. The molecule has 6 nitrogen and oxygen atoms in total. The number of para-hydroxylation sites is 2. The number of benzene rings is 5. The van der Waals surface area contributed by atoms with E-state index < -0.39 is 6.85 Å². The number of imidazole rings is 1. The van der Waals surface area contributed by atoms with Gasteiger partial charge in [-0.2, -0.15) is 0 Å². The zero-order valence-electron chi connectivity index (χ0n) is 32.5. The van der Waals surface area contributed by atoms with Gasteiger partial charge in [-0.25, -0.2) is 0 Å². The van der Waals surface area contributed by atoms with Gasteiger partial charge in [0, 0.05) is 52.7 Å². The molecule has 0 unspecified atom stereocenters. The number of rotatable bonds is 5. The quantitative estimate of drug-likeness (QED) is 0.161. The molecule has 0 saturated heterocycles. The molecular formula is C45H36FIrN5O-2. The molecule has 0 N–H and O–H groups in total. The maximum Gasteiger partial charge on any atom is 0.191 e. The number of hydrogen-bond donors (Lipinski definition) is 0. The first-order chi connectivity index (χ1) is 26.5. The fourth-order valence-corrected chi connectivity index (χ4v) is 6.71. The number of hydrogen-bond acceptors (Lipinski definition) is 5. The van der Waals surface area contributed by atoms with Crippen LogP contribution in [0.2, 0.25) is 0 Å². The van der Waals surface area contributed by atoms with Crippen molar-refractivity contribution < 1.29 is 33.0 Å². The van der Waals surface area contributed by atoms with Crippen LogP contribution in [0, 0.1) is 24.8 Å². The van der Waals surface area contributed by atoms with Crippen LogP contribution in [0.25, 0.3) is 72.3 Å². The van der Waals surface area contributed by atoms with E-state index in [9.17, 15) is 4.39 Å². The molecule has 9 aromatic rings. The van der Waals surface area contributed by atoms with Gasteiger partial charge in [-0.15, -0.1) is 58.2 Å². The SMILES string of the molecule is CC(C)c1cccc(C(C)C)c1-n1c(-c2[c-]ccc3c2oc2ccccc23)nc2nnc3ccccc3c21.[2H]C([2H])([2H])c1ccc(-c2[c-]cc(F)cc2)nc1.[Ir]. The molecule has 265 valence electrons. The molecule has 0 fully saturated rings. The van der Waals surface area contributed by atoms with Crippen molar-refractivity contribution >= 4 is 44.0 Å². The molecule has 0 atom stereocenters. The Hall–Kier alpha value is -5.56. The van der Waals surface area contributed by atoms with Crippen molar-refractivity contribution in [3.05, 3.63) is 150 Å². The third kappa shape index (κ3) is 6.65. The number of aryl methyl sites for hydroxylation is 1. The molecule has 53 heavy (non-hydrogen) atoms. The molecule has 0 aliphatic heterocycles. The minimum absolute atomic E-state index is 0. The van der Waals surface area contributed by atoms with Crippen LogP contribution in [0.4, 0.5) is 4.39 Å². The van der Waals surface area contributed by atoms with Crippen LogP contribution in [0.1, 0.15) is 60.3 Å². The van der Waals surface area contributed by atoms with Gasteiger partial charge in [0.1, 0.15) is 5.58 Å². The molecular weight excluding hydrogens is 838 g/mol. The normalized spacial score (nSPS) is 12.5. The van der Waals surface area contributed by atoms with Crippen molar-refractivity contribution in [3.63, 3.8) is 0 Å². The number of nitrogens with zero attached hydrogens (tertiary/aromatic N) is 5. The van der Waals surface area contributed by atoms with Gasteiger partial charge in [0.15, 0.2) is 5.65 Å². The summed E-state index contributed by atoms with van der Waals surface area (Å²) in [4.78, 5) is 9.16. The average molecular weight is 877 g/mol. The minimum Gasteiger partial charge on any atom is -0.501 e. The van der Waals surface area contributed by atoms with Crippen LogP contribution < -0.4 is 0 Å². The summed E-state index contributed by atoms with van der Waals surface area (Å²) in [7, 11) is 0. The molecule has 0 aliphatic carbocycles. The smallest absolute Gasteiger partial charge is 0.191 e. The Labute approximate surface area is 325 Å². The van der Waals surface area contributed by atoms with Crippen LogP contribution in [-0.2, 0) is 20.1 Å². The summed E-state index contributed by atoms with van der Waals surface area (Å²) in [6.45, 7) is 6.81. The molecule has 8 heteroatoms. The molecule has 0 aliphatic rings. The molecule has 1 radical (unpaired) electrons. The zero-order chi connectivity index (χ0) is 38.4. The third-order valence-corrected chi connectivity index (χ3v) is 9.21. The summed E-state index contributed by atoms with van der Waals surface area (Å²) in [6.07, 6.45) is 1.31. The third-order valence-electron chi connectivity index (χ3n) is 9.21. The van der Waals surface area contributed by atoms with Gasteiger partial charge in [0.25, 0.3) is 0 Å². The molecule has 0 bridgehead atoms. The summed E-state index contributed by atoms with van der Waals surface area (Å²) in [5, 5.41) is 12.2. The monoisotopic (exact) mass is 877 g/mol. The Kier molecular flexibility index (Phi) is 8.98. The predicted molar refractivity (Wildman–Crippen MR) is 207 cm³/mol. The average Bonchev–Trinajstić information content (AvgIpc) is 3.77. The molecule has 0 spiro atoms. The number of fused-ring (bicyclic) bond motifs is 6. The van der Waals surface area contributed by atoms with Gasteiger partial charge in [0.05, 0.1) is 22.4 Å². The topological polar surface area (TPSA) is 69.6 Å². The number of pyridine rings is 1. The Morgan fingerprint density at radius 1 is 0.774 bits per heavy atom. The number of furan rings is 1. The first-order valence-corrected chi connectivity index (χ1v) is 17.2. The van der Waals surface area contributed by atoms with Crippen LogP contribution in [0.15, 0.2) is 120 Å².